The fraction of sp³-hybridized carbons (Fsp3) is 1.00. The third kappa shape index (κ3) is 1.46. The molecule has 0 bridgehead atoms. The molecule has 0 aliphatic carbocycles. The van der Waals surface area contributed by atoms with Crippen LogP contribution >= 0.6 is 0 Å². The van der Waals surface area contributed by atoms with Gasteiger partial charge < -0.3 is 19.3 Å². The van der Waals surface area contributed by atoms with Gasteiger partial charge in [-0.05, 0) is 0 Å². The monoisotopic (exact) mass is 146 g/mol. The predicted octanol–water partition coefficient (Wildman–Crippen LogP) is -0.881. The number of ether oxygens (including phenoxy) is 3. The fourth-order valence-corrected chi connectivity index (χ4v) is 0.769. The molecule has 4 nitrogen and oxygen atoms in total. The molecule has 0 saturated carbocycles. The second-order valence-corrected chi connectivity index (χ2v) is 2.51. The lowest BCUT2D eigenvalue weighted by molar-refractivity contribution is 0.0405. The topological polar surface area (TPSA) is 54.5 Å². The van der Waals surface area contributed by atoms with E-state index in [1.165, 1.54) is 0 Å². The van der Waals surface area contributed by atoms with Gasteiger partial charge in [0.15, 0.2) is 6.29 Å². The second kappa shape index (κ2) is 2.47. The minimum Gasteiger partial charge on any atom is -0.393 e. The van der Waals surface area contributed by atoms with Gasteiger partial charge in [-0.25, -0.2) is 0 Å². The summed E-state index contributed by atoms with van der Waals surface area (Å²) in [4.78, 5) is 0. The lowest BCUT2D eigenvalue weighted by atomic mass is 10.5. The highest BCUT2D eigenvalue weighted by Crippen LogP contribution is 2.23. The summed E-state index contributed by atoms with van der Waals surface area (Å²) in [6.07, 6.45) is 0.0245. The molecule has 0 aromatic carbocycles. The Balaban J connectivity index is 1.55. The Morgan fingerprint density at radius 2 is 2.40 bits per heavy atom. The summed E-state index contributed by atoms with van der Waals surface area (Å²) in [5.74, 6) is 0. The standard InChI is InChI=1S/C6H10O4/c7-1-5-6(10-5)9-3-4-2-8-4/h4-7H,1-3H2/t4-,5-,6?/m0/s1. The van der Waals surface area contributed by atoms with E-state index in [1.54, 1.807) is 0 Å². The van der Waals surface area contributed by atoms with E-state index in [4.69, 9.17) is 19.3 Å². The Morgan fingerprint density at radius 3 is 2.90 bits per heavy atom. The highest BCUT2D eigenvalue weighted by Gasteiger charge is 2.40. The van der Waals surface area contributed by atoms with Crippen molar-refractivity contribution in [1.29, 1.82) is 0 Å². The van der Waals surface area contributed by atoms with Crippen LogP contribution in [0.5, 0.6) is 0 Å². The molecular weight excluding hydrogens is 136 g/mol. The average molecular weight is 146 g/mol. The molecule has 2 aliphatic heterocycles. The zero-order valence-electron chi connectivity index (χ0n) is 5.53. The first-order valence-electron chi connectivity index (χ1n) is 3.39. The summed E-state index contributed by atoms with van der Waals surface area (Å²) in [7, 11) is 0. The van der Waals surface area contributed by atoms with E-state index in [-0.39, 0.29) is 25.1 Å². The lowest BCUT2D eigenvalue weighted by Crippen LogP contribution is -2.08. The molecular formula is C6H10O4. The van der Waals surface area contributed by atoms with Gasteiger partial charge in [0, 0.05) is 0 Å². The van der Waals surface area contributed by atoms with Gasteiger partial charge in [-0.3, -0.25) is 0 Å². The predicted molar refractivity (Wildman–Crippen MR) is 31.4 cm³/mol. The van der Waals surface area contributed by atoms with Crippen molar-refractivity contribution < 1.29 is 19.3 Å². The zero-order valence-corrected chi connectivity index (χ0v) is 5.53. The summed E-state index contributed by atoms with van der Waals surface area (Å²) < 4.78 is 15.0. The number of rotatable bonds is 4. The highest BCUT2D eigenvalue weighted by atomic mass is 16.8. The molecule has 0 aromatic heterocycles. The van der Waals surface area contributed by atoms with Gasteiger partial charge in [0.2, 0.25) is 0 Å². The Kier molecular flexibility index (Phi) is 1.61. The van der Waals surface area contributed by atoms with Gasteiger partial charge in [0.05, 0.1) is 19.8 Å². The molecule has 0 aromatic rings. The van der Waals surface area contributed by atoms with Crippen molar-refractivity contribution in [2.45, 2.75) is 18.5 Å². The van der Waals surface area contributed by atoms with Gasteiger partial charge in [0.1, 0.15) is 12.2 Å². The number of epoxide rings is 2. The Labute approximate surface area is 58.7 Å². The van der Waals surface area contributed by atoms with E-state index in [1.807, 2.05) is 0 Å². The molecule has 10 heavy (non-hydrogen) atoms. The number of hydrogen-bond donors (Lipinski definition) is 1. The van der Waals surface area contributed by atoms with E-state index in [0.29, 0.717) is 6.61 Å². The van der Waals surface area contributed by atoms with Crippen LogP contribution in [-0.4, -0.2) is 43.4 Å². The zero-order chi connectivity index (χ0) is 6.97. The molecule has 2 fully saturated rings. The van der Waals surface area contributed by atoms with Crippen LogP contribution in [0, 0.1) is 0 Å². The highest BCUT2D eigenvalue weighted by molar-refractivity contribution is 4.77. The maximum atomic E-state index is 8.52. The van der Waals surface area contributed by atoms with Gasteiger partial charge in [-0.2, -0.15) is 0 Å². The van der Waals surface area contributed by atoms with Crippen molar-refractivity contribution in [3.05, 3.63) is 0 Å². The number of aliphatic hydroxyl groups is 1. The largest absolute Gasteiger partial charge is 0.393 e. The molecule has 2 saturated heterocycles. The van der Waals surface area contributed by atoms with E-state index in [2.05, 4.69) is 0 Å². The number of aliphatic hydroxyl groups excluding tert-OH is 1. The van der Waals surface area contributed by atoms with Crippen molar-refractivity contribution in [3.63, 3.8) is 0 Å². The van der Waals surface area contributed by atoms with Crippen molar-refractivity contribution in [2.75, 3.05) is 19.8 Å². The van der Waals surface area contributed by atoms with Crippen molar-refractivity contribution in [2.24, 2.45) is 0 Å². The molecule has 2 heterocycles. The van der Waals surface area contributed by atoms with Crippen molar-refractivity contribution in [1.82, 2.24) is 0 Å². The molecule has 2 aliphatic rings. The smallest absolute Gasteiger partial charge is 0.186 e. The third-order valence-corrected chi connectivity index (χ3v) is 1.56. The van der Waals surface area contributed by atoms with E-state index >= 15 is 0 Å². The fourth-order valence-electron chi connectivity index (χ4n) is 0.769. The molecule has 2 rings (SSSR count). The quantitative estimate of drug-likeness (QED) is 0.523. The van der Waals surface area contributed by atoms with E-state index in [0.717, 1.165) is 6.61 Å². The van der Waals surface area contributed by atoms with Crippen LogP contribution in [0.3, 0.4) is 0 Å². The van der Waals surface area contributed by atoms with Crippen molar-refractivity contribution in [3.8, 4) is 0 Å². The summed E-state index contributed by atoms with van der Waals surface area (Å²) in [6, 6.07) is 0. The summed E-state index contributed by atoms with van der Waals surface area (Å²) in [5.41, 5.74) is 0. The number of hydrogen-bond acceptors (Lipinski definition) is 4. The molecule has 58 valence electrons. The van der Waals surface area contributed by atoms with Crippen LogP contribution in [0.1, 0.15) is 0 Å². The maximum Gasteiger partial charge on any atom is 0.186 e. The van der Waals surface area contributed by atoms with Crippen LogP contribution in [0.25, 0.3) is 0 Å². The SMILES string of the molecule is OC[C@@H]1OC1OC[C@@H]1CO1. The van der Waals surface area contributed by atoms with Gasteiger partial charge in [0.25, 0.3) is 0 Å². The van der Waals surface area contributed by atoms with Gasteiger partial charge >= 0.3 is 0 Å². The molecule has 0 radical (unpaired) electrons. The second-order valence-electron chi connectivity index (χ2n) is 2.51. The molecule has 1 N–H and O–H groups in total. The summed E-state index contributed by atoms with van der Waals surface area (Å²) in [6.45, 7) is 1.45. The first-order chi connectivity index (χ1) is 4.90. The Hall–Kier alpha value is -0.160. The third-order valence-electron chi connectivity index (χ3n) is 1.56. The van der Waals surface area contributed by atoms with Gasteiger partial charge in [-0.1, -0.05) is 0 Å². The molecule has 4 heteroatoms. The van der Waals surface area contributed by atoms with Crippen LogP contribution < -0.4 is 0 Å². The lowest BCUT2D eigenvalue weighted by Gasteiger charge is -1.93. The first-order valence-corrected chi connectivity index (χ1v) is 3.39. The average Bonchev–Trinajstić information content (AvgIpc) is 2.82. The van der Waals surface area contributed by atoms with Gasteiger partial charge in [-0.15, -0.1) is 0 Å². The van der Waals surface area contributed by atoms with Crippen LogP contribution in [0.15, 0.2) is 0 Å². The minimum atomic E-state index is -0.172. The maximum absolute atomic E-state index is 8.52. The Bertz CT molecular complexity index is 123. The van der Waals surface area contributed by atoms with Crippen LogP contribution in [-0.2, 0) is 14.2 Å². The minimum absolute atomic E-state index is 0.0518. The summed E-state index contributed by atoms with van der Waals surface area (Å²) in [5, 5.41) is 8.52. The summed E-state index contributed by atoms with van der Waals surface area (Å²) >= 11 is 0. The molecule has 1 unspecified atom stereocenters. The Morgan fingerprint density at radius 1 is 1.60 bits per heavy atom. The van der Waals surface area contributed by atoms with Crippen LogP contribution in [0.4, 0.5) is 0 Å². The van der Waals surface area contributed by atoms with Crippen LogP contribution in [0.2, 0.25) is 0 Å². The molecule has 3 atom stereocenters. The van der Waals surface area contributed by atoms with E-state index in [9.17, 15) is 0 Å². The molecule has 0 amide bonds. The van der Waals surface area contributed by atoms with E-state index < -0.39 is 0 Å². The first kappa shape index (κ1) is 6.54. The van der Waals surface area contributed by atoms with Crippen molar-refractivity contribution >= 4 is 0 Å². The molecule has 0 spiro atoms. The normalized spacial score (nSPS) is 43.5.